The number of nitrogens with zero attached hydrogens (tertiary/aromatic N) is 4. The summed E-state index contributed by atoms with van der Waals surface area (Å²) >= 11 is 0. The van der Waals surface area contributed by atoms with Crippen molar-refractivity contribution in [3.8, 4) is 5.69 Å². The van der Waals surface area contributed by atoms with Crippen molar-refractivity contribution < 1.29 is 4.79 Å². The highest BCUT2D eigenvalue weighted by molar-refractivity contribution is 5.91. The van der Waals surface area contributed by atoms with Gasteiger partial charge < -0.3 is 5.32 Å². The van der Waals surface area contributed by atoms with Gasteiger partial charge in [0.2, 0.25) is 5.91 Å². The van der Waals surface area contributed by atoms with Crippen LogP contribution >= 0.6 is 0 Å². The monoisotopic (exact) mass is 401 g/mol. The number of carbonyl (C=O) groups is 1. The van der Waals surface area contributed by atoms with E-state index in [1.807, 2.05) is 63.2 Å². The predicted octanol–water partition coefficient (Wildman–Crippen LogP) is 3.54. The summed E-state index contributed by atoms with van der Waals surface area (Å²) in [6, 6.07) is 13.8. The molecule has 4 rings (SSSR count). The van der Waals surface area contributed by atoms with Gasteiger partial charge in [-0.3, -0.25) is 14.2 Å². The Kier molecular flexibility index (Phi) is 5.18. The van der Waals surface area contributed by atoms with Gasteiger partial charge in [0.15, 0.2) is 5.65 Å². The van der Waals surface area contributed by atoms with Crippen molar-refractivity contribution in [2.24, 2.45) is 0 Å². The molecule has 4 aromatic rings. The number of nitrogens with one attached hydrogen (secondary N) is 1. The van der Waals surface area contributed by atoms with Crippen molar-refractivity contribution in [3.05, 3.63) is 82.0 Å². The molecule has 2 heterocycles. The molecule has 30 heavy (non-hydrogen) atoms. The van der Waals surface area contributed by atoms with Crippen molar-refractivity contribution in [2.75, 3.05) is 5.32 Å². The number of aromatic nitrogens is 4. The summed E-state index contributed by atoms with van der Waals surface area (Å²) in [6.07, 6.45) is 3.17. The van der Waals surface area contributed by atoms with Gasteiger partial charge in [0.25, 0.3) is 5.56 Å². The zero-order chi connectivity index (χ0) is 21.3. The van der Waals surface area contributed by atoms with Crippen molar-refractivity contribution >= 4 is 22.6 Å². The Morgan fingerprint density at radius 2 is 1.77 bits per heavy atom. The van der Waals surface area contributed by atoms with Crippen LogP contribution in [0.1, 0.15) is 23.1 Å². The maximum absolute atomic E-state index is 12.8. The number of aryl methyl sites for hydroxylation is 4. The number of benzene rings is 2. The number of anilines is 1. The molecule has 0 radical (unpaired) electrons. The van der Waals surface area contributed by atoms with Crippen LogP contribution in [0.2, 0.25) is 0 Å². The van der Waals surface area contributed by atoms with Crippen LogP contribution in [0.25, 0.3) is 16.7 Å². The summed E-state index contributed by atoms with van der Waals surface area (Å²) in [4.78, 5) is 29.6. The predicted molar refractivity (Wildman–Crippen MR) is 117 cm³/mol. The Morgan fingerprint density at radius 1 is 1.03 bits per heavy atom. The maximum Gasteiger partial charge on any atom is 0.264 e. The van der Waals surface area contributed by atoms with Gasteiger partial charge in [-0.1, -0.05) is 29.8 Å². The second kappa shape index (κ2) is 7.94. The van der Waals surface area contributed by atoms with E-state index in [2.05, 4.69) is 15.4 Å². The molecule has 2 aromatic carbocycles. The molecule has 7 nitrogen and oxygen atoms in total. The van der Waals surface area contributed by atoms with E-state index in [4.69, 9.17) is 0 Å². The molecule has 0 aliphatic carbocycles. The average molecular weight is 401 g/mol. The molecule has 0 bridgehead atoms. The van der Waals surface area contributed by atoms with E-state index in [0.29, 0.717) is 11.0 Å². The lowest BCUT2D eigenvalue weighted by atomic mass is 10.1. The second-order valence-corrected chi connectivity index (χ2v) is 7.49. The van der Waals surface area contributed by atoms with Crippen LogP contribution in [0.5, 0.6) is 0 Å². The molecule has 0 atom stereocenters. The molecular weight excluding hydrogens is 378 g/mol. The zero-order valence-electron chi connectivity index (χ0n) is 17.2. The lowest BCUT2D eigenvalue weighted by Crippen LogP contribution is -2.23. The summed E-state index contributed by atoms with van der Waals surface area (Å²) in [5, 5.41) is 7.67. The molecule has 7 heteroatoms. The smallest absolute Gasteiger partial charge is 0.264 e. The highest BCUT2D eigenvalue weighted by Crippen LogP contribution is 2.17. The number of hydrogen-bond acceptors (Lipinski definition) is 4. The number of carbonyl (C=O) groups excluding carboxylic acids is 1. The average Bonchev–Trinajstić information content (AvgIpc) is 3.16. The first-order valence-corrected chi connectivity index (χ1v) is 9.80. The van der Waals surface area contributed by atoms with E-state index in [9.17, 15) is 9.59 Å². The fourth-order valence-corrected chi connectivity index (χ4v) is 3.29. The fourth-order valence-electron chi connectivity index (χ4n) is 3.29. The maximum atomic E-state index is 12.8. The van der Waals surface area contributed by atoms with Gasteiger partial charge >= 0.3 is 0 Å². The van der Waals surface area contributed by atoms with Crippen LogP contribution in [0.3, 0.4) is 0 Å². The molecule has 0 saturated carbocycles. The Labute approximate surface area is 174 Å². The Morgan fingerprint density at radius 3 is 2.53 bits per heavy atom. The minimum absolute atomic E-state index is 0.147. The van der Waals surface area contributed by atoms with Gasteiger partial charge in [0.05, 0.1) is 18.2 Å². The third-order valence-electron chi connectivity index (χ3n) is 5.08. The Balaban J connectivity index is 1.52. The van der Waals surface area contributed by atoms with Gasteiger partial charge in [0.1, 0.15) is 5.39 Å². The van der Waals surface area contributed by atoms with E-state index >= 15 is 0 Å². The normalized spacial score (nSPS) is 11.0. The fraction of sp³-hybridized carbons (Fsp3) is 0.217. The minimum Gasteiger partial charge on any atom is -0.326 e. The molecule has 0 aliphatic rings. The van der Waals surface area contributed by atoms with Gasteiger partial charge in [-0.25, -0.2) is 9.67 Å². The van der Waals surface area contributed by atoms with Gasteiger partial charge in [-0.05, 0) is 50.1 Å². The van der Waals surface area contributed by atoms with Crippen LogP contribution in [-0.2, 0) is 11.3 Å². The highest BCUT2D eigenvalue weighted by Gasteiger charge is 2.12. The first kappa shape index (κ1) is 19.6. The van der Waals surface area contributed by atoms with E-state index < -0.39 is 0 Å². The van der Waals surface area contributed by atoms with E-state index in [0.717, 1.165) is 28.1 Å². The minimum atomic E-state index is -0.210. The summed E-state index contributed by atoms with van der Waals surface area (Å²) in [5.41, 5.74) is 5.14. The van der Waals surface area contributed by atoms with Crippen LogP contribution < -0.4 is 10.9 Å². The van der Waals surface area contributed by atoms with Gasteiger partial charge in [0, 0.05) is 18.7 Å². The largest absolute Gasteiger partial charge is 0.326 e. The molecule has 0 aliphatic heterocycles. The van der Waals surface area contributed by atoms with Crippen molar-refractivity contribution in [1.29, 1.82) is 0 Å². The number of rotatable bonds is 5. The lowest BCUT2D eigenvalue weighted by molar-refractivity contribution is -0.116. The molecular formula is C23H23N5O2. The topological polar surface area (TPSA) is 81.8 Å². The third kappa shape index (κ3) is 3.87. The standard InChI is InChI=1S/C23H23N5O2/c1-15-5-8-18(9-6-15)28-22-19(13-25-28)23(30)27(14-24-22)11-10-21(29)26-20-12-16(2)4-7-17(20)3/h4-9,12-14H,10-11H2,1-3H3,(H,26,29). The first-order valence-electron chi connectivity index (χ1n) is 9.80. The third-order valence-corrected chi connectivity index (χ3v) is 5.08. The molecule has 1 N–H and O–H groups in total. The van der Waals surface area contributed by atoms with Crippen molar-refractivity contribution in [3.63, 3.8) is 0 Å². The van der Waals surface area contributed by atoms with E-state index in [1.54, 1.807) is 4.68 Å². The molecule has 0 unspecified atom stereocenters. The Bertz CT molecular complexity index is 1290. The zero-order valence-corrected chi connectivity index (χ0v) is 17.2. The molecule has 1 amide bonds. The summed E-state index contributed by atoms with van der Waals surface area (Å²) in [7, 11) is 0. The van der Waals surface area contributed by atoms with Crippen molar-refractivity contribution in [2.45, 2.75) is 33.7 Å². The Hall–Kier alpha value is -3.74. The van der Waals surface area contributed by atoms with Crippen LogP contribution in [0.4, 0.5) is 5.69 Å². The molecule has 2 aromatic heterocycles. The molecule has 0 saturated heterocycles. The van der Waals surface area contributed by atoms with Crippen LogP contribution in [0, 0.1) is 20.8 Å². The van der Waals surface area contributed by atoms with E-state index in [1.165, 1.54) is 17.1 Å². The summed E-state index contributed by atoms with van der Waals surface area (Å²) in [6.45, 7) is 6.18. The van der Waals surface area contributed by atoms with Gasteiger partial charge in [-0.15, -0.1) is 0 Å². The van der Waals surface area contributed by atoms with Crippen LogP contribution in [-0.4, -0.2) is 25.2 Å². The SMILES string of the molecule is Cc1ccc(-n2ncc3c(=O)n(CCC(=O)Nc4cc(C)ccc4C)cnc32)cc1. The quantitative estimate of drug-likeness (QED) is 0.555. The number of hydrogen-bond donors (Lipinski definition) is 1. The number of fused-ring (bicyclic) bond motifs is 1. The van der Waals surface area contributed by atoms with Gasteiger partial charge in [-0.2, -0.15) is 5.10 Å². The lowest BCUT2D eigenvalue weighted by Gasteiger charge is -2.10. The van der Waals surface area contributed by atoms with Crippen LogP contribution in [0.15, 0.2) is 59.8 Å². The molecule has 0 spiro atoms. The van der Waals surface area contributed by atoms with E-state index in [-0.39, 0.29) is 24.4 Å². The molecule has 152 valence electrons. The van der Waals surface area contributed by atoms with Crippen molar-refractivity contribution in [1.82, 2.24) is 19.3 Å². The number of amides is 1. The molecule has 0 fully saturated rings. The second-order valence-electron chi connectivity index (χ2n) is 7.49. The summed E-state index contributed by atoms with van der Waals surface area (Å²) < 4.78 is 3.10. The first-order chi connectivity index (χ1) is 14.4. The highest BCUT2D eigenvalue weighted by atomic mass is 16.2. The summed E-state index contributed by atoms with van der Waals surface area (Å²) in [5.74, 6) is -0.147.